The van der Waals surface area contributed by atoms with Crippen molar-refractivity contribution < 1.29 is 4.52 Å². The van der Waals surface area contributed by atoms with Gasteiger partial charge in [0.05, 0.1) is 6.61 Å². The van der Waals surface area contributed by atoms with E-state index in [4.69, 9.17) is 4.52 Å². The lowest BCUT2D eigenvalue weighted by Crippen LogP contribution is -1.89. The molecule has 1 atom stereocenters. The molecule has 0 aromatic heterocycles. The predicted molar refractivity (Wildman–Crippen MR) is 45.8 cm³/mol. The highest BCUT2D eigenvalue weighted by Crippen LogP contribution is 2.00. The van der Waals surface area contributed by atoms with E-state index in [-0.39, 0.29) is 0 Å². The molecule has 2 heteroatoms. The molecule has 0 aliphatic rings. The summed E-state index contributed by atoms with van der Waals surface area (Å²) in [6.07, 6.45) is 0.990. The summed E-state index contributed by atoms with van der Waals surface area (Å²) in [5.74, 6) is 0. The highest BCUT2D eigenvalue weighted by atomic mass is 31.0. The first-order valence-electron chi connectivity index (χ1n) is 3.29. The van der Waals surface area contributed by atoms with Crippen molar-refractivity contribution in [2.24, 2.45) is 0 Å². The van der Waals surface area contributed by atoms with Crippen LogP contribution in [-0.4, -0.2) is 6.61 Å². The molecule has 1 rings (SSSR count). The second-order valence-electron chi connectivity index (χ2n) is 2.11. The molecule has 0 heterocycles. The highest BCUT2D eigenvalue weighted by molar-refractivity contribution is 7.09. The van der Waals surface area contributed by atoms with Crippen molar-refractivity contribution in [3.05, 3.63) is 35.9 Å². The zero-order valence-corrected chi connectivity index (χ0v) is 6.94. The van der Waals surface area contributed by atoms with Gasteiger partial charge in [0.15, 0.2) is 0 Å². The smallest absolute Gasteiger partial charge is 0.0542 e. The average Bonchev–Trinajstić information content (AvgIpc) is 2.03. The second-order valence-corrected chi connectivity index (χ2v) is 2.44. The maximum absolute atomic E-state index is 4.86. The summed E-state index contributed by atoms with van der Waals surface area (Å²) in [6, 6.07) is 10.3. The first-order chi connectivity index (χ1) is 4.93. The van der Waals surface area contributed by atoms with Gasteiger partial charge in [0.25, 0.3) is 0 Å². The van der Waals surface area contributed by atoms with E-state index in [1.165, 1.54) is 5.56 Å². The van der Waals surface area contributed by atoms with Crippen LogP contribution in [0.2, 0.25) is 0 Å². The molecule has 1 aromatic rings. The van der Waals surface area contributed by atoms with E-state index >= 15 is 0 Å². The molecular weight excluding hydrogens is 143 g/mol. The van der Waals surface area contributed by atoms with E-state index in [1.54, 1.807) is 0 Å². The molecule has 0 aliphatic heterocycles. The van der Waals surface area contributed by atoms with E-state index in [2.05, 4.69) is 21.6 Å². The Morgan fingerprint density at radius 3 is 2.50 bits per heavy atom. The van der Waals surface area contributed by atoms with Crippen molar-refractivity contribution in [2.45, 2.75) is 6.42 Å². The Balaban J connectivity index is 2.43. The second kappa shape index (κ2) is 4.43. The van der Waals surface area contributed by atoms with Crippen LogP contribution in [0.3, 0.4) is 0 Å². The molecule has 54 valence electrons. The fourth-order valence-electron chi connectivity index (χ4n) is 0.821. The van der Waals surface area contributed by atoms with Gasteiger partial charge in [-0.25, -0.2) is 0 Å². The zero-order valence-electron chi connectivity index (χ0n) is 5.79. The van der Waals surface area contributed by atoms with Gasteiger partial charge in [-0.2, -0.15) is 0 Å². The van der Waals surface area contributed by atoms with Crippen LogP contribution >= 0.6 is 9.47 Å². The van der Waals surface area contributed by atoms with Gasteiger partial charge in [0.2, 0.25) is 0 Å². The molecule has 0 saturated heterocycles. The monoisotopic (exact) mass is 154 g/mol. The zero-order chi connectivity index (χ0) is 7.23. The Morgan fingerprint density at radius 1 is 1.20 bits per heavy atom. The minimum Gasteiger partial charge on any atom is -0.365 e. The molecule has 0 bridgehead atoms. The van der Waals surface area contributed by atoms with Gasteiger partial charge in [-0.1, -0.05) is 30.3 Å². The first kappa shape index (κ1) is 7.71. The van der Waals surface area contributed by atoms with Crippen LogP contribution in [0.25, 0.3) is 0 Å². The maximum Gasteiger partial charge on any atom is 0.0542 e. The van der Waals surface area contributed by atoms with Crippen LogP contribution < -0.4 is 0 Å². The van der Waals surface area contributed by atoms with Gasteiger partial charge in [0.1, 0.15) is 0 Å². The summed E-state index contributed by atoms with van der Waals surface area (Å²) in [5, 5.41) is 0. The lowest BCUT2D eigenvalue weighted by molar-refractivity contribution is 0.377. The number of hydrogen-bond donors (Lipinski definition) is 0. The van der Waals surface area contributed by atoms with Gasteiger partial charge in [-0.3, -0.25) is 0 Å². The van der Waals surface area contributed by atoms with Crippen molar-refractivity contribution in [3.8, 4) is 0 Å². The van der Waals surface area contributed by atoms with Crippen LogP contribution in [0.1, 0.15) is 5.56 Å². The summed E-state index contributed by atoms with van der Waals surface area (Å²) >= 11 is 0. The highest BCUT2D eigenvalue weighted by Gasteiger charge is 1.87. The lowest BCUT2D eigenvalue weighted by Gasteiger charge is -1.97. The quantitative estimate of drug-likeness (QED) is 0.605. The van der Waals surface area contributed by atoms with Crippen LogP contribution in [0.4, 0.5) is 0 Å². The molecule has 1 unspecified atom stereocenters. The van der Waals surface area contributed by atoms with Crippen molar-refractivity contribution in [2.75, 3.05) is 6.61 Å². The molecule has 0 aliphatic carbocycles. The van der Waals surface area contributed by atoms with Crippen LogP contribution in [-0.2, 0) is 10.9 Å². The van der Waals surface area contributed by atoms with Gasteiger partial charge in [-0.05, 0) is 12.0 Å². The molecule has 0 amide bonds. The topological polar surface area (TPSA) is 9.23 Å². The average molecular weight is 154 g/mol. The van der Waals surface area contributed by atoms with E-state index in [0.717, 1.165) is 13.0 Å². The Labute approximate surface area is 63.7 Å². The number of hydrogen-bond acceptors (Lipinski definition) is 1. The van der Waals surface area contributed by atoms with Crippen molar-refractivity contribution in [1.29, 1.82) is 0 Å². The molecule has 1 aromatic carbocycles. The molecule has 1 nitrogen and oxygen atoms in total. The molecular formula is C8H11OP. The minimum atomic E-state index is 0.773. The van der Waals surface area contributed by atoms with E-state index in [9.17, 15) is 0 Å². The summed E-state index contributed by atoms with van der Waals surface area (Å²) in [5.41, 5.74) is 1.32. The molecule has 0 saturated carbocycles. The standard InChI is InChI=1S/C8H11OP/c10-9-7-6-8-4-2-1-3-5-8/h1-5H,6-7,10H2. The summed E-state index contributed by atoms with van der Waals surface area (Å²) in [6.45, 7) is 0.773. The largest absolute Gasteiger partial charge is 0.365 e. The fraction of sp³-hybridized carbons (Fsp3) is 0.250. The maximum atomic E-state index is 4.86. The van der Waals surface area contributed by atoms with Crippen LogP contribution in [0.15, 0.2) is 30.3 Å². The van der Waals surface area contributed by atoms with Gasteiger partial charge in [0, 0.05) is 9.47 Å². The van der Waals surface area contributed by atoms with Crippen LogP contribution in [0, 0.1) is 0 Å². The van der Waals surface area contributed by atoms with Gasteiger partial charge >= 0.3 is 0 Å². The Kier molecular flexibility index (Phi) is 3.42. The first-order valence-corrected chi connectivity index (χ1v) is 3.76. The fourth-order valence-corrected chi connectivity index (χ4v) is 0.939. The van der Waals surface area contributed by atoms with Crippen molar-refractivity contribution >= 4 is 9.47 Å². The van der Waals surface area contributed by atoms with Crippen molar-refractivity contribution in [1.82, 2.24) is 0 Å². The number of rotatable bonds is 3. The summed E-state index contributed by atoms with van der Waals surface area (Å²) < 4.78 is 4.86. The third-order valence-corrected chi connectivity index (χ3v) is 1.59. The number of benzene rings is 1. The molecule has 0 radical (unpaired) electrons. The molecule has 10 heavy (non-hydrogen) atoms. The predicted octanol–water partition coefficient (Wildman–Crippen LogP) is 2.04. The lowest BCUT2D eigenvalue weighted by atomic mass is 10.2. The SMILES string of the molecule is POCCc1ccccc1. The van der Waals surface area contributed by atoms with E-state index in [1.807, 2.05) is 18.2 Å². The molecule has 0 spiro atoms. The van der Waals surface area contributed by atoms with Crippen LogP contribution in [0.5, 0.6) is 0 Å². The third-order valence-electron chi connectivity index (χ3n) is 1.35. The Morgan fingerprint density at radius 2 is 1.90 bits per heavy atom. The molecule has 0 N–H and O–H groups in total. The van der Waals surface area contributed by atoms with E-state index < -0.39 is 0 Å². The van der Waals surface area contributed by atoms with Gasteiger partial charge < -0.3 is 4.52 Å². The van der Waals surface area contributed by atoms with E-state index in [0.29, 0.717) is 0 Å². The molecule has 0 fully saturated rings. The normalized spacial score (nSPS) is 9.70. The summed E-state index contributed by atoms with van der Waals surface area (Å²) in [4.78, 5) is 0. The Bertz CT molecular complexity index is 174. The van der Waals surface area contributed by atoms with Gasteiger partial charge in [-0.15, -0.1) is 0 Å². The summed E-state index contributed by atoms with van der Waals surface area (Å²) in [7, 11) is 2.25. The van der Waals surface area contributed by atoms with Crippen molar-refractivity contribution in [3.63, 3.8) is 0 Å². The Hall–Kier alpha value is -0.390. The minimum absolute atomic E-state index is 0.773. The third kappa shape index (κ3) is 2.47.